The molecule has 36 heavy (non-hydrogen) atoms. The first-order valence-corrected chi connectivity index (χ1v) is 11.3. The van der Waals surface area contributed by atoms with Crippen molar-refractivity contribution in [2.75, 3.05) is 33.2 Å². The van der Waals surface area contributed by atoms with Gasteiger partial charge in [0, 0.05) is 55.2 Å². The van der Waals surface area contributed by atoms with Crippen molar-refractivity contribution in [3.05, 3.63) is 77.6 Å². The third kappa shape index (κ3) is 5.15. The van der Waals surface area contributed by atoms with E-state index in [1.807, 2.05) is 61.6 Å². The molecule has 0 saturated carbocycles. The number of hydrogen-bond donors (Lipinski definition) is 2. The number of methoxy groups -OCH3 is 2. The highest BCUT2D eigenvalue weighted by Gasteiger charge is 2.13. The summed E-state index contributed by atoms with van der Waals surface area (Å²) in [7, 11) is 7.11. The van der Waals surface area contributed by atoms with Crippen molar-refractivity contribution < 1.29 is 14.3 Å². The number of rotatable bonds is 8. The van der Waals surface area contributed by atoms with Crippen LogP contribution in [0, 0.1) is 11.3 Å². The lowest BCUT2D eigenvalue weighted by Gasteiger charge is -2.13. The highest BCUT2D eigenvalue weighted by molar-refractivity contribution is 6.04. The van der Waals surface area contributed by atoms with Crippen LogP contribution in [0.5, 0.6) is 11.5 Å². The van der Waals surface area contributed by atoms with Gasteiger partial charge in [0.05, 0.1) is 14.2 Å². The number of nitrogens with zero attached hydrogens (tertiary/aromatic N) is 3. The molecular formula is C28H27N5O3. The number of H-pyrrole nitrogens is 1. The monoisotopic (exact) mass is 481 g/mol. The first kappa shape index (κ1) is 24.4. The first-order valence-electron chi connectivity index (χ1n) is 11.3. The van der Waals surface area contributed by atoms with E-state index in [-0.39, 0.29) is 12.1 Å². The van der Waals surface area contributed by atoms with Gasteiger partial charge in [-0.15, -0.1) is 0 Å². The second kappa shape index (κ2) is 10.7. The molecule has 0 unspecified atom stereocenters. The predicted molar refractivity (Wildman–Crippen MR) is 141 cm³/mol. The zero-order valence-corrected chi connectivity index (χ0v) is 20.6. The molecule has 0 radical (unpaired) electrons. The number of nitrogens with one attached hydrogen (secondary N) is 2. The number of benzene rings is 2. The van der Waals surface area contributed by atoms with Gasteiger partial charge in [-0.1, -0.05) is 18.2 Å². The lowest BCUT2D eigenvalue weighted by atomic mass is 10.0. The number of aromatic amines is 1. The molecule has 4 aromatic rings. The van der Waals surface area contributed by atoms with Crippen LogP contribution in [-0.4, -0.2) is 44.2 Å². The van der Waals surface area contributed by atoms with Crippen molar-refractivity contribution >= 4 is 28.7 Å². The van der Waals surface area contributed by atoms with Gasteiger partial charge in [-0.2, -0.15) is 5.26 Å². The van der Waals surface area contributed by atoms with Gasteiger partial charge >= 0.3 is 0 Å². The highest BCUT2D eigenvalue weighted by atomic mass is 16.5. The summed E-state index contributed by atoms with van der Waals surface area (Å²) >= 11 is 0. The van der Waals surface area contributed by atoms with Gasteiger partial charge in [0.15, 0.2) is 11.5 Å². The fourth-order valence-electron chi connectivity index (χ4n) is 3.84. The molecule has 2 aromatic heterocycles. The number of nitriles is 1. The molecule has 4 rings (SSSR count). The molecule has 0 spiro atoms. The van der Waals surface area contributed by atoms with Gasteiger partial charge in [-0.05, 0) is 47.5 Å². The molecule has 8 heteroatoms. The van der Waals surface area contributed by atoms with Crippen LogP contribution in [0.15, 0.2) is 66.5 Å². The summed E-state index contributed by atoms with van der Waals surface area (Å²) in [4.78, 5) is 22.5. The van der Waals surface area contributed by atoms with E-state index < -0.39 is 5.91 Å². The van der Waals surface area contributed by atoms with E-state index in [2.05, 4.69) is 21.4 Å². The number of hydrogen-bond acceptors (Lipinski definition) is 6. The number of ether oxygens (including phenoxy) is 2. The summed E-state index contributed by atoms with van der Waals surface area (Å²) in [6.45, 7) is 0.236. The summed E-state index contributed by atoms with van der Waals surface area (Å²) in [6.07, 6.45) is 5.13. The molecule has 182 valence electrons. The largest absolute Gasteiger partial charge is 0.493 e. The Morgan fingerprint density at radius 2 is 1.92 bits per heavy atom. The second-order valence-corrected chi connectivity index (χ2v) is 8.35. The van der Waals surface area contributed by atoms with Gasteiger partial charge in [0.2, 0.25) is 0 Å². The normalized spacial score (nSPS) is 11.1. The molecular weight excluding hydrogens is 454 g/mol. The van der Waals surface area contributed by atoms with Crippen molar-refractivity contribution in [2.24, 2.45) is 0 Å². The molecule has 1 amide bonds. The number of carbonyl (C=O) groups excluding carboxylic acids is 1. The predicted octanol–water partition coefficient (Wildman–Crippen LogP) is 4.54. The minimum absolute atomic E-state index is 0.00335. The topological polar surface area (TPSA) is 103 Å². The first-order chi connectivity index (χ1) is 17.4. The zero-order valence-electron chi connectivity index (χ0n) is 20.6. The Morgan fingerprint density at radius 1 is 1.11 bits per heavy atom. The Kier molecular flexibility index (Phi) is 7.21. The molecule has 2 aromatic carbocycles. The van der Waals surface area contributed by atoms with Crippen LogP contribution in [0.4, 0.5) is 5.69 Å². The maximum atomic E-state index is 12.8. The molecule has 0 aliphatic rings. The SMILES string of the molecule is COc1ccc(CNC(=O)/C(C#N)=C/c2c[nH]c3ncc(-c4cccc(N(C)C)c4)cc23)cc1OC. The van der Waals surface area contributed by atoms with E-state index in [0.29, 0.717) is 22.7 Å². The molecule has 0 saturated heterocycles. The molecule has 0 fully saturated rings. The molecule has 0 atom stereocenters. The summed E-state index contributed by atoms with van der Waals surface area (Å²) in [5, 5.41) is 13.3. The van der Waals surface area contributed by atoms with Crippen molar-refractivity contribution in [2.45, 2.75) is 6.54 Å². The van der Waals surface area contributed by atoms with Gasteiger partial charge in [-0.25, -0.2) is 4.98 Å². The Bertz CT molecular complexity index is 1480. The summed E-state index contributed by atoms with van der Waals surface area (Å²) in [6, 6.07) is 17.6. The molecule has 0 bridgehead atoms. The Balaban J connectivity index is 1.58. The molecule has 8 nitrogen and oxygen atoms in total. The Morgan fingerprint density at radius 3 is 2.64 bits per heavy atom. The van der Waals surface area contributed by atoms with Gasteiger partial charge in [0.25, 0.3) is 5.91 Å². The van der Waals surface area contributed by atoms with Gasteiger partial charge in [0.1, 0.15) is 17.3 Å². The number of pyridine rings is 1. The van der Waals surface area contributed by atoms with Crippen LogP contribution in [0.25, 0.3) is 28.2 Å². The van der Waals surface area contributed by atoms with Crippen LogP contribution in [0.3, 0.4) is 0 Å². The molecule has 0 aliphatic heterocycles. The summed E-state index contributed by atoms with van der Waals surface area (Å²) < 4.78 is 10.6. The van der Waals surface area contributed by atoms with Crippen molar-refractivity contribution in [1.82, 2.24) is 15.3 Å². The smallest absolute Gasteiger partial charge is 0.262 e. The quantitative estimate of drug-likeness (QED) is 0.283. The number of amides is 1. The second-order valence-electron chi connectivity index (χ2n) is 8.35. The molecule has 0 aliphatic carbocycles. The average Bonchev–Trinajstić information content (AvgIpc) is 3.31. The van der Waals surface area contributed by atoms with E-state index in [9.17, 15) is 10.1 Å². The van der Waals surface area contributed by atoms with Crippen molar-refractivity contribution in [3.63, 3.8) is 0 Å². The van der Waals surface area contributed by atoms with E-state index >= 15 is 0 Å². The summed E-state index contributed by atoms with van der Waals surface area (Å²) in [5.41, 5.74) is 5.25. The third-order valence-electron chi connectivity index (χ3n) is 5.82. The van der Waals surface area contributed by atoms with E-state index in [1.165, 1.54) is 0 Å². The highest BCUT2D eigenvalue weighted by Crippen LogP contribution is 2.29. The number of carbonyl (C=O) groups is 1. The maximum absolute atomic E-state index is 12.8. The minimum Gasteiger partial charge on any atom is -0.493 e. The van der Waals surface area contributed by atoms with E-state index in [4.69, 9.17) is 9.47 Å². The van der Waals surface area contributed by atoms with Crippen LogP contribution in [0.2, 0.25) is 0 Å². The summed E-state index contributed by atoms with van der Waals surface area (Å²) in [5.74, 6) is 0.703. The third-order valence-corrected chi connectivity index (χ3v) is 5.82. The Labute approximate surface area is 209 Å². The standard InChI is InChI=1S/C28H27N5O3/c1-33(2)23-7-5-6-19(12-23)21-13-24-22(17-31-27(24)30-16-21)11-20(14-29)28(34)32-15-18-8-9-25(35-3)26(10-18)36-4/h5-13,16-17H,15H2,1-4H3,(H,30,31)(H,32,34)/b20-11+. The molecule has 2 N–H and O–H groups in total. The zero-order chi connectivity index (χ0) is 25.7. The van der Waals surface area contributed by atoms with Crippen LogP contribution in [0.1, 0.15) is 11.1 Å². The van der Waals surface area contributed by atoms with E-state index in [1.54, 1.807) is 38.6 Å². The fourth-order valence-corrected chi connectivity index (χ4v) is 3.84. The van der Waals surface area contributed by atoms with E-state index in [0.717, 1.165) is 27.8 Å². The van der Waals surface area contributed by atoms with Crippen molar-refractivity contribution in [1.29, 1.82) is 5.26 Å². The lowest BCUT2D eigenvalue weighted by Crippen LogP contribution is -2.24. The van der Waals surface area contributed by atoms with Gasteiger partial charge < -0.3 is 24.7 Å². The Hall–Kier alpha value is -4.77. The number of anilines is 1. The van der Waals surface area contributed by atoms with Crippen LogP contribution >= 0.6 is 0 Å². The number of aromatic nitrogens is 2. The lowest BCUT2D eigenvalue weighted by molar-refractivity contribution is -0.117. The average molecular weight is 482 g/mol. The van der Waals surface area contributed by atoms with Crippen LogP contribution in [-0.2, 0) is 11.3 Å². The van der Waals surface area contributed by atoms with Gasteiger partial charge in [-0.3, -0.25) is 4.79 Å². The fraction of sp³-hybridized carbons (Fsp3) is 0.179. The minimum atomic E-state index is -0.468. The maximum Gasteiger partial charge on any atom is 0.262 e. The molecule has 2 heterocycles. The van der Waals surface area contributed by atoms with Crippen molar-refractivity contribution in [3.8, 4) is 28.7 Å². The number of fused-ring (bicyclic) bond motifs is 1. The van der Waals surface area contributed by atoms with Crippen LogP contribution < -0.4 is 19.7 Å².